The fourth-order valence-electron chi connectivity index (χ4n) is 3.88. The maximum atomic E-state index is 13.0. The summed E-state index contributed by atoms with van der Waals surface area (Å²) in [7, 11) is 3.61. The third kappa shape index (κ3) is 3.93. The number of aryl methyl sites for hydroxylation is 3. The van der Waals surface area contributed by atoms with Crippen molar-refractivity contribution in [2.45, 2.75) is 33.2 Å². The third-order valence-corrected chi connectivity index (χ3v) is 4.99. The first-order valence-corrected chi connectivity index (χ1v) is 8.87. The van der Waals surface area contributed by atoms with Gasteiger partial charge < -0.3 is 4.74 Å². The standard InChI is InChI=1S/C20H27N3O2/c1-14-8-18(9-15(2)20(14)25-4)19(24)17-6-5-7-23(13-17)12-16-10-21-22(3)11-16/h8-11,17H,5-7,12-13H2,1-4H3/t17-/m0/s1. The Labute approximate surface area is 149 Å². The molecule has 134 valence electrons. The predicted molar refractivity (Wildman–Crippen MR) is 98.0 cm³/mol. The summed E-state index contributed by atoms with van der Waals surface area (Å²) in [6.45, 7) is 6.71. The molecule has 1 aliphatic heterocycles. The Bertz CT molecular complexity index is 743. The van der Waals surface area contributed by atoms with Crippen LogP contribution in [0.4, 0.5) is 0 Å². The number of carbonyl (C=O) groups excluding carboxylic acids is 1. The predicted octanol–water partition coefficient (Wildman–Crippen LogP) is 3.14. The minimum absolute atomic E-state index is 0.0672. The van der Waals surface area contributed by atoms with Gasteiger partial charge in [0.2, 0.25) is 0 Å². The van der Waals surface area contributed by atoms with Crippen LogP contribution in [0, 0.1) is 19.8 Å². The molecule has 1 atom stereocenters. The summed E-state index contributed by atoms with van der Waals surface area (Å²) in [5.41, 5.74) is 4.05. The molecule has 0 unspecified atom stereocenters. The van der Waals surface area contributed by atoms with Crippen molar-refractivity contribution in [1.29, 1.82) is 0 Å². The number of ketones is 1. The second-order valence-electron chi connectivity index (χ2n) is 7.10. The second-order valence-corrected chi connectivity index (χ2v) is 7.10. The van der Waals surface area contributed by atoms with E-state index in [1.54, 1.807) is 7.11 Å². The molecule has 5 nitrogen and oxygen atoms in total. The van der Waals surface area contributed by atoms with E-state index in [0.29, 0.717) is 0 Å². The number of nitrogens with zero attached hydrogens (tertiary/aromatic N) is 3. The zero-order valence-electron chi connectivity index (χ0n) is 15.6. The fraction of sp³-hybridized carbons (Fsp3) is 0.500. The van der Waals surface area contributed by atoms with Crippen LogP contribution in [0.2, 0.25) is 0 Å². The Kier molecular flexibility index (Phi) is 5.23. The summed E-state index contributed by atoms with van der Waals surface area (Å²) in [5.74, 6) is 1.20. The Morgan fingerprint density at radius 3 is 2.64 bits per heavy atom. The summed E-state index contributed by atoms with van der Waals surface area (Å²) in [6, 6.07) is 3.93. The summed E-state index contributed by atoms with van der Waals surface area (Å²) in [6.07, 6.45) is 5.97. The van der Waals surface area contributed by atoms with Gasteiger partial charge in [0, 0.05) is 43.4 Å². The first kappa shape index (κ1) is 17.7. The van der Waals surface area contributed by atoms with E-state index in [0.717, 1.165) is 54.9 Å². The van der Waals surface area contributed by atoms with Crippen molar-refractivity contribution in [1.82, 2.24) is 14.7 Å². The molecule has 1 aliphatic rings. The molecule has 0 N–H and O–H groups in total. The zero-order valence-corrected chi connectivity index (χ0v) is 15.6. The van der Waals surface area contributed by atoms with Crippen LogP contribution >= 0.6 is 0 Å². The van der Waals surface area contributed by atoms with Crippen molar-refractivity contribution in [2.24, 2.45) is 13.0 Å². The van der Waals surface area contributed by atoms with Crippen LogP contribution in [0.5, 0.6) is 5.75 Å². The molecular weight excluding hydrogens is 314 g/mol. The van der Waals surface area contributed by atoms with Crippen molar-refractivity contribution in [3.63, 3.8) is 0 Å². The lowest BCUT2D eigenvalue weighted by Crippen LogP contribution is -2.38. The number of Topliss-reactive ketones (excluding diaryl/α,β-unsaturated/α-hetero) is 1. The highest BCUT2D eigenvalue weighted by molar-refractivity contribution is 5.98. The molecule has 1 fully saturated rings. The molecule has 0 bridgehead atoms. The average Bonchev–Trinajstić information content (AvgIpc) is 2.99. The van der Waals surface area contributed by atoms with E-state index in [9.17, 15) is 4.79 Å². The monoisotopic (exact) mass is 341 g/mol. The van der Waals surface area contributed by atoms with Crippen LogP contribution in [0.1, 0.15) is 39.9 Å². The first-order valence-electron chi connectivity index (χ1n) is 8.87. The summed E-state index contributed by atoms with van der Waals surface area (Å²) >= 11 is 0. The maximum absolute atomic E-state index is 13.0. The number of piperidine rings is 1. The molecule has 25 heavy (non-hydrogen) atoms. The molecule has 3 rings (SSSR count). The summed E-state index contributed by atoms with van der Waals surface area (Å²) in [5, 5.41) is 4.23. The Morgan fingerprint density at radius 2 is 2.04 bits per heavy atom. The molecule has 0 spiro atoms. The number of methoxy groups -OCH3 is 1. The first-order chi connectivity index (χ1) is 12.0. The highest BCUT2D eigenvalue weighted by atomic mass is 16.5. The Morgan fingerprint density at radius 1 is 1.32 bits per heavy atom. The van der Waals surface area contributed by atoms with Gasteiger partial charge in [0.05, 0.1) is 13.3 Å². The molecule has 0 radical (unpaired) electrons. The average molecular weight is 341 g/mol. The van der Waals surface area contributed by atoms with Crippen LogP contribution in [0.3, 0.4) is 0 Å². The van der Waals surface area contributed by atoms with Crippen molar-refractivity contribution in [3.05, 3.63) is 46.8 Å². The number of benzene rings is 1. The van der Waals surface area contributed by atoms with Gasteiger partial charge in [-0.3, -0.25) is 14.4 Å². The van der Waals surface area contributed by atoms with Crippen molar-refractivity contribution in [2.75, 3.05) is 20.2 Å². The van der Waals surface area contributed by atoms with Gasteiger partial charge in [-0.05, 0) is 56.5 Å². The van der Waals surface area contributed by atoms with Gasteiger partial charge in [-0.25, -0.2) is 0 Å². The zero-order chi connectivity index (χ0) is 18.0. The van der Waals surface area contributed by atoms with Gasteiger partial charge in [0.1, 0.15) is 5.75 Å². The number of rotatable bonds is 5. The molecule has 5 heteroatoms. The van der Waals surface area contributed by atoms with E-state index >= 15 is 0 Å². The van der Waals surface area contributed by atoms with Crippen LogP contribution in [-0.4, -0.2) is 40.7 Å². The van der Waals surface area contributed by atoms with Crippen LogP contribution in [-0.2, 0) is 13.6 Å². The molecular formula is C20H27N3O2. The molecule has 0 amide bonds. The second kappa shape index (κ2) is 7.40. The van der Waals surface area contributed by atoms with Crippen LogP contribution < -0.4 is 4.74 Å². The van der Waals surface area contributed by atoms with Crippen LogP contribution in [0.15, 0.2) is 24.5 Å². The number of hydrogen-bond acceptors (Lipinski definition) is 4. The van der Waals surface area contributed by atoms with Gasteiger partial charge in [0.25, 0.3) is 0 Å². The lowest BCUT2D eigenvalue weighted by Gasteiger charge is -2.31. The van der Waals surface area contributed by atoms with Crippen molar-refractivity contribution >= 4 is 5.78 Å². The SMILES string of the molecule is COc1c(C)cc(C(=O)[C@H]2CCCN(Cc3cnn(C)c3)C2)cc1C. The van der Waals surface area contributed by atoms with E-state index < -0.39 is 0 Å². The Balaban J connectivity index is 1.71. The van der Waals surface area contributed by atoms with Crippen molar-refractivity contribution < 1.29 is 9.53 Å². The number of aromatic nitrogens is 2. The van der Waals surface area contributed by atoms with Gasteiger partial charge in [0.15, 0.2) is 5.78 Å². The molecule has 1 aromatic heterocycles. The molecule has 0 aliphatic carbocycles. The smallest absolute Gasteiger partial charge is 0.167 e. The van der Waals surface area contributed by atoms with E-state index in [1.165, 1.54) is 5.56 Å². The highest BCUT2D eigenvalue weighted by Crippen LogP contribution is 2.28. The number of ether oxygens (including phenoxy) is 1. The maximum Gasteiger partial charge on any atom is 0.167 e. The fourth-order valence-corrected chi connectivity index (χ4v) is 3.88. The highest BCUT2D eigenvalue weighted by Gasteiger charge is 2.27. The largest absolute Gasteiger partial charge is 0.496 e. The van der Waals surface area contributed by atoms with E-state index in [-0.39, 0.29) is 11.7 Å². The normalized spacial score (nSPS) is 18.3. The topological polar surface area (TPSA) is 47.4 Å². The lowest BCUT2D eigenvalue weighted by atomic mass is 9.88. The van der Waals surface area contributed by atoms with Gasteiger partial charge in [-0.15, -0.1) is 0 Å². The minimum Gasteiger partial charge on any atom is -0.496 e. The van der Waals surface area contributed by atoms with Gasteiger partial charge in [-0.2, -0.15) is 5.10 Å². The Hall–Kier alpha value is -2.14. The molecule has 2 aromatic rings. The van der Waals surface area contributed by atoms with Gasteiger partial charge in [-0.1, -0.05) is 0 Å². The number of carbonyl (C=O) groups is 1. The van der Waals surface area contributed by atoms with E-state index in [1.807, 2.05) is 50.1 Å². The molecule has 1 saturated heterocycles. The minimum atomic E-state index is 0.0672. The quantitative estimate of drug-likeness (QED) is 0.784. The number of likely N-dealkylation sites (tertiary alicyclic amines) is 1. The van der Waals surface area contributed by atoms with Gasteiger partial charge >= 0.3 is 0 Å². The van der Waals surface area contributed by atoms with E-state index in [2.05, 4.69) is 10.00 Å². The van der Waals surface area contributed by atoms with Crippen LogP contribution in [0.25, 0.3) is 0 Å². The molecule has 1 aromatic carbocycles. The van der Waals surface area contributed by atoms with Crippen molar-refractivity contribution in [3.8, 4) is 5.75 Å². The lowest BCUT2D eigenvalue weighted by molar-refractivity contribution is 0.0811. The number of hydrogen-bond donors (Lipinski definition) is 0. The third-order valence-electron chi connectivity index (χ3n) is 4.99. The molecule has 0 saturated carbocycles. The summed E-state index contributed by atoms with van der Waals surface area (Å²) < 4.78 is 7.24. The molecule has 2 heterocycles. The summed E-state index contributed by atoms with van der Waals surface area (Å²) in [4.78, 5) is 15.4. The van der Waals surface area contributed by atoms with E-state index in [4.69, 9.17) is 4.74 Å².